The fraction of sp³-hybridized carbons (Fsp3) is 0.533. The van der Waals surface area contributed by atoms with Crippen LogP contribution in [-0.2, 0) is 0 Å². The van der Waals surface area contributed by atoms with Crippen LogP contribution in [0.1, 0.15) is 45.1 Å². The van der Waals surface area contributed by atoms with Gasteiger partial charge in [0.25, 0.3) is 0 Å². The number of aliphatic imine (C=N–C) groups is 1. The third-order valence-electron chi connectivity index (χ3n) is 3.00. The standard InChI is InChI=1S/C15H23NO2/c1-3-5-12(6-4-2)10-16-11-13-7-8-14(17)15(18)9-13/h7-9,11-12,17-18H,3-6,10H2,1-2H3. The van der Waals surface area contributed by atoms with Gasteiger partial charge in [0.15, 0.2) is 11.5 Å². The van der Waals surface area contributed by atoms with Crippen LogP contribution in [0.2, 0.25) is 0 Å². The molecule has 0 saturated carbocycles. The van der Waals surface area contributed by atoms with Gasteiger partial charge in [-0.2, -0.15) is 0 Å². The summed E-state index contributed by atoms with van der Waals surface area (Å²) in [5, 5.41) is 18.6. The van der Waals surface area contributed by atoms with Crippen LogP contribution in [0.3, 0.4) is 0 Å². The van der Waals surface area contributed by atoms with Crippen molar-refractivity contribution in [3.05, 3.63) is 23.8 Å². The molecule has 0 aliphatic carbocycles. The van der Waals surface area contributed by atoms with Gasteiger partial charge in [-0.15, -0.1) is 0 Å². The van der Waals surface area contributed by atoms with Crippen molar-refractivity contribution < 1.29 is 10.2 Å². The number of nitrogens with zero attached hydrogens (tertiary/aromatic N) is 1. The highest BCUT2D eigenvalue weighted by atomic mass is 16.3. The highest BCUT2D eigenvalue weighted by Crippen LogP contribution is 2.24. The Morgan fingerprint density at radius 3 is 2.33 bits per heavy atom. The van der Waals surface area contributed by atoms with Crippen LogP contribution < -0.4 is 0 Å². The summed E-state index contributed by atoms with van der Waals surface area (Å²) < 4.78 is 0. The van der Waals surface area contributed by atoms with Crippen molar-refractivity contribution in [2.45, 2.75) is 39.5 Å². The van der Waals surface area contributed by atoms with Gasteiger partial charge in [0.05, 0.1) is 0 Å². The third kappa shape index (κ3) is 4.78. The Hall–Kier alpha value is -1.51. The molecule has 0 aliphatic rings. The normalized spacial score (nSPS) is 11.5. The first-order valence-corrected chi connectivity index (χ1v) is 6.69. The van der Waals surface area contributed by atoms with Gasteiger partial charge in [-0.05, 0) is 42.5 Å². The maximum atomic E-state index is 9.37. The summed E-state index contributed by atoms with van der Waals surface area (Å²) in [6.45, 7) is 5.23. The SMILES string of the molecule is CCCC(CCC)CN=Cc1ccc(O)c(O)c1. The molecule has 0 radical (unpaired) electrons. The lowest BCUT2D eigenvalue weighted by Crippen LogP contribution is -2.04. The third-order valence-corrected chi connectivity index (χ3v) is 3.00. The predicted molar refractivity (Wildman–Crippen MR) is 75.5 cm³/mol. The number of benzene rings is 1. The largest absolute Gasteiger partial charge is 0.504 e. The zero-order chi connectivity index (χ0) is 13.4. The van der Waals surface area contributed by atoms with Crippen molar-refractivity contribution in [2.24, 2.45) is 10.9 Å². The lowest BCUT2D eigenvalue weighted by molar-refractivity contribution is 0.403. The molecule has 0 spiro atoms. The summed E-state index contributed by atoms with van der Waals surface area (Å²) in [5.74, 6) is 0.460. The van der Waals surface area contributed by atoms with E-state index in [0.717, 1.165) is 12.1 Å². The van der Waals surface area contributed by atoms with Crippen LogP contribution in [0.15, 0.2) is 23.2 Å². The number of hydrogen-bond acceptors (Lipinski definition) is 3. The molecular weight excluding hydrogens is 226 g/mol. The second-order valence-electron chi connectivity index (χ2n) is 4.69. The van der Waals surface area contributed by atoms with E-state index in [1.807, 2.05) is 0 Å². The number of phenolic OH excluding ortho intramolecular Hbond substituents is 2. The van der Waals surface area contributed by atoms with E-state index in [4.69, 9.17) is 0 Å². The molecule has 0 unspecified atom stereocenters. The average Bonchev–Trinajstić information content (AvgIpc) is 2.34. The highest BCUT2D eigenvalue weighted by molar-refractivity contribution is 5.80. The Bertz CT molecular complexity index is 382. The monoisotopic (exact) mass is 249 g/mol. The molecule has 0 atom stereocenters. The Morgan fingerprint density at radius 2 is 1.78 bits per heavy atom. The summed E-state index contributed by atoms with van der Waals surface area (Å²) in [6, 6.07) is 4.74. The molecule has 0 aromatic heterocycles. The van der Waals surface area contributed by atoms with Gasteiger partial charge in [-0.25, -0.2) is 0 Å². The fourth-order valence-corrected chi connectivity index (χ4v) is 2.07. The van der Waals surface area contributed by atoms with Crippen molar-refractivity contribution in [3.63, 3.8) is 0 Å². The number of hydrogen-bond donors (Lipinski definition) is 2. The van der Waals surface area contributed by atoms with Crippen LogP contribution in [-0.4, -0.2) is 23.0 Å². The van der Waals surface area contributed by atoms with Crippen LogP contribution in [0.25, 0.3) is 0 Å². The maximum absolute atomic E-state index is 9.37. The molecule has 1 aromatic rings. The summed E-state index contributed by atoms with van der Waals surface area (Å²) in [6.07, 6.45) is 6.58. The average molecular weight is 249 g/mol. The molecule has 0 fully saturated rings. The summed E-state index contributed by atoms with van der Waals surface area (Å²) in [4.78, 5) is 4.43. The van der Waals surface area contributed by atoms with E-state index in [9.17, 15) is 10.2 Å². The molecule has 100 valence electrons. The van der Waals surface area contributed by atoms with E-state index < -0.39 is 0 Å². The molecule has 2 N–H and O–H groups in total. The van der Waals surface area contributed by atoms with E-state index in [-0.39, 0.29) is 11.5 Å². The Balaban J connectivity index is 2.54. The van der Waals surface area contributed by atoms with Crippen LogP contribution >= 0.6 is 0 Å². The lowest BCUT2D eigenvalue weighted by Gasteiger charge is -2.11. The van der Waals surface area contributed by atoms with E-state index in [2.05, 4.69) is 18.8 Å². The van der Waals surface area contributed by atoms with Gasteiger partial charge >= 0.3 is 0 Å². The van der Waals surface area contributed by atoms with Crippen LogP contribution in [0, 0.1) is 5.92 Å². The molecule has 0 amide bonds. The quantitative estimate of drug-likeness (QED) is 0.571. The second kappa shape index (κ2) is 7.75. The fourth-order valence-electron chi connectivity index (χ4n) is 2.07. The minimum absolute atomic E-state index is 0.0954. The van der Waals surface area contributed by atoms with Crippen LogP contribution in [0.5, 0.6) is 11.5 Å². The van der Waals surface area contributed by atoms with E-state index in [1.54, 1.807) is 12.3 Å². The molecule has 0 saturated heterocycles. The molecular formula is C15H23NO2. The Kier molecular flexibility index (Phi) is 6.26. The Labute approximate surface area is 109 Å². The van der Waals surface area contributed by atoms with Gasteiger partial charge < -0.3 is 10.2 Å². The molecule has 1 aromatic carbocycles. The summed E-state index contributed by atoms with van der Waals surface area (Å²) in [7, 11) is 0. The molecule has 3 heteroatoms. The first-order valence-electron chi connectivity index (χ1n) is 6.69. The van der Waals surface area contributed by atoms with Gasteiger partial charge in [-0.1, -0.05) is 26.7 Å². The van der Waals surface area contributed by atoms with Crippen molar-refractivity contribution in [1.29, 1.82) is 0 Å². The minimum atomic E-state index is -0.0994. The predicted octanol–water partition coefficient (Wildman–Crippen LogP) is 3.73. The van der Waals surface area contributed by atoms with Gasteiger partial charge in [-0.3, -0.25) is 4.99 Å². The zero-order valence-electron chi connectivity index (χ0n) is 11.3. The molecule has 0 bridgehead atoms. The summed E-state index contributed by atoms with van der Waals surface area (Å²) >= 11 is 0. The number of rotatable bonds is 7. The smallest absolute Gasteiger partial charge is 0.158 e. The number of aromatic hydroxyl groups is 2. The van der Waals surface area contributed by atoms with E-state index >= 15 is 0 Å². The molecule has 18 heavy (non-hydrogen) atoms. The van der Waals surface area contributed by atoms with E-state index in [0.29, 0.717) is 5.92 Å². The maximum Gasteiger partial charge on any atom is 0.158 e. The second-order valence-corrected chi connectivity index (χ2v) is 4.69. The minimum Gasteiger partial charge on any atom is -0.504 e. The lowest BCUT2D eigenvalue weighted by atomic mass is 9.99. The van der Waals surface area contributed by atoms with Crippen molar-refractivity contribution in [2.75, 3.05) is 6.54 Å². The summed E-state index contributed by atoms with van der Waals surface area (Å²) in [5.41, 5.74) is 0.817. The molecule has 1 rings (SSSR count). The van der Waals surface area contributed by atoms with E-state index in [1.165, 1.54) is 37.8 Å². The highest BCUT2D eigenvalue weighted by Gasteiger charge is 2.05. The van der Waals surface area contributed by atoms with Crippen LogP contribution in [0.4, 0.5) is 0 Å². The van der Waals surface area contributed by atoms with Gasteiger partial charge in [0.2, 0.25) is 0 Å². The van der Waals surface area contributed by atoms with Crippen molar-refractivity contribution >= 4 is 6.21 Å². The Morgan fingerprint density at radius 1 is 1.11 bits per heavy atom. The van der Waals surface area contributed by atoms with Crippen molar-refractivity contribution in [1.82, 2.24) is 0 Å². The topological polar surface area (TPSA) is 52.8 Å². The molecule has 0 heterocycles. The van der Waals surface area contributed by atoms with Gasteiger partial charge in [0, 0.05) is 12.8 Å². The molecule has 3 nitrogen and oxygen atoms in total. The zero-order valence-corrected chi connectivity index (χ0v) is 11.3. The first kappa shape index (κ1) is 14.6. The number of phenols is 2. The molecule has 0 aliphatic heterocycles. The van der Waals surface area contributed by atoms with Gasteiger partial charge in [0.1, 0.15) is 0 Å². The van der Waals surface area contributed by atoms with Crippen molar-refractivity contribution in [3.8, 4) is 11.5 Å². The first-order chi connectivity index (χ1) is 8.67.